The summed E-state index contributed by atoms with van der Waals surface area (Å²) in [6.45, 7) is 0.409. The lowest BCUT2D eigenvalue weighted by atomic mass is 10.0. The van der Waals surface area contributed by atoms with Gasteiger partial charge in [-0.2, -0.15) is 0 Å². The molecule has 2 aromatic heterocycles. The maximum Gasteiger partial charge on any atom is 0.332 e. The Kier molecular flexibility index (Phi) is 5.96. The third-order valence-corrected chi connectivity index (χ3v) is 5.14. The molecule has 0 amide bonds. The van der Waals surface area contributed by atoms with Crippen LogP contribution in [0.25, 0.3) is 11.2 Å². The van der Waals surface area contributed by atoms with Gasteiger partial charge in [-0.25, -0.2) is 9.78 Å². The Morgan fingerprint density at radius 2 is 1.50 bits per heavy atom. The van der Waals surface area contributed by atoms with Crippen LogP contribution in [0.15, 0.2) is 64.4 Å². The van der Waals surface area contributed by atoms with Gasteiger partial charge >= 0.3 is 5.69 Å². The SMILES string of the molecule is Cl.Cn1c(=O)c2ncn(Cc3ccc(C(=O)c4ccc(Cl)cc4)cc3)c2n(C)c1=O. The van der Waals surface area contributed by atoms with Crippen molar-refractivity contribution in [2.75, 3.05) is 0 Å². The van der Waals surface area contributed by atoms with Crippen LogP contribution >= 0.6 is 24.0 Å². The molecule has 0 radical (unpaired) electrons. The van der Waals surface area contributed by atoms with Crippen molar-refractivity contribution >= 4 is 41.0 Å². The molecular formula is C21H18Cl2N4O3. The average molecular weight is 445 g/mol. The number of hydrogen-bond acceptors (Lipinski definition) is 4. The van der Waals surface area contributed by atoms with E-state index in [-0.39, 0.29) is 23.7 Å². The van der Waals surface area contributed by atoms with Crippen molar-refractivity contribution < 1.29 is 4.79 Å². The van der Waals surface area contributed by atoms with Crippen LogP contribution in [0.1, 0.15) is 21.5 Å². The molecule has 0 saturated carbocycles. The number of aromatic nitrogens is 4. The Morgan fingerprint density at radius 1 is 0.933 bits per heavy atom. The van der Waals surface area contributed by atoms with Crippen LogP contribution in [0.4, 0.5) is 0 Å². The highest BCUT2D eigenvalue weighted by Crippen LogP contribution is 2.16. The standard InChI is InChI=1S/C21H17ClN4O3.ClH/c1-24-19-17(20(28)25(2)21(24)29)23-12-26(19)11-13-3-5-14(6-4-13)18(27)15-7-9-16(22)10-8-15;/h3-10,12H,11H2,1-2H3;1H. The van der Waals surface area contributed by atoms with Gasteiger partial charge in [0.2, 0.25) is 0 Å². The van der Waals surface area contributed by atoms with Crippen LogP contribution < -0.4 is 11.2 Å². The molecule has 2 heterocycles. The van der Waals surface area contributed by atoms with E-state index in [4.69, 9.17) is 11.6 Å². The van der Waals surface area contributed by atoms with Crippen molar-refractivity contribution in [1.29, 1.82) is 0 Å². The fourth-order valence-corrected chi connectivity index (χ4v) is 3.41. The molecule has 0 bridgehead atoms. The number of halogens is 2. The van der Waals surface area contributed by atoms with Crippen LogP contribution in [-0.4, -0.2) is 24.5 Å². The van der Waals surface area contributed by atoms with Crippen molar-refractivity contribution in [3.63, 3.8) is 0 Å². The Hall–Kier alpha value is -3.16. The Balaban J connectivity index is 0.00000256. The number of ketones is 1. The molecule has 30 heavy (non-hydrogen) atoms. The van der Waals surface area contributed by atoms with Gasteiger partial charge in [0, 0.05) is 30.2 Å². The second-order valence-corrected chi connectivity index (χ2v) is 7.22. The van der Waals surface area contributed by atoms with Crippen LogP contribution in [-0.2, 0) is 20.6 Å². The molecule has 0 aliphatic heterocycles. The Labute approximate surface area is 182 Å². The smallest absolute Gasteiger partial charge is 0.312 e. The van der Waals surface area contributed by atoms with Crippen molar-refractivity contribution in [2.45, 2.75) is 6.54 Å². The van der Waals surface area contributed by atoms with E-state index >= 15 is 0 Å². The first-order chi connectivity index (χ1) is 13.9. The third kappa shape index (κ3) is 3.69. The van der Waals surface area contributed by atoms with Gasteiger partial charge in [0.25, 0.3) is 5.56 Å². The van der Waals surface area contributed by atoms with E-state index in [2.05, 4.69) is 4.98 Å². The predicted molar refractivity (Wildman–Crippen MR) is 118 cm³/mol. The molecule has 0 fully saturated rings. The molecule has 0 N–H and O–H groups in total. The summed E-state index contributed by atoms with van der Waals surface area (Å²) in [5.74, 6) is -0.0906. The highest BCUT2D eigenvalue weighted by molar-refractivity contribution is 6.30. The fraction of sp³-hybridized carbons (Fsp3) is 0.143. The minimum absolute atomic E-state index is 0. The minimum atomic E-state index is -0.425. The normalized spacial score (nSPS) is 10.8. The molecule has 7 nitrogen and oxygen atoms in total. The second-order valence-electron chi connectivity index (χ2n) is 6.78. The Morgan fingerprint density at radius 3 is 2.10 bits per heavy atom. The summed E-state index contributed by atoms with van der Waals surface area (Å²) >= 11 is 5.87. The highest BCUT2D eigenvalue weighted by Gasteiger charge is 2.14. The number of carbonyl (C=O) groups excluding carboxylic acids is 1. The monoisotopic (exact) mass is 444 g/mol. The summed E-state index contributed by atoms with van der Waals surface area (Å²) in [5.41, 5.74) is 1.90. The van der Waals surface area contributed by atoms with Gasteiger partial charge in [0.05, 0.1) is 12.9 Å². The van der Waals surface area contributed by atoms with Gasteiger partial charge in [-0.15, -0.1) is 12.4 Å². The van der Waals surface area contributed by atoms with Gasteiger partial charge in [-0.1, -0.05) is 35.9 Å². The van der Waals surface area contributed by atoms with E-state index < -0.39 is 11.2 Å². The number of aryl methyl sites for hydroxylation is 1. The van der Waals surface area contributed by atoms with Gasteiger partial charge in [-0.05, 0) is 29.8 Å². The van der Waals surface area contributed by atoms with Crippen molar-refractivity contribution in [1.82, 2.24) is 18.7 Å². The highest BCUT2D eigenvalue weighted by atomic mass is 35.5. The second kappa shape index (κ2) is 8.30. The van der Waals surface area contributed by atoms with Crippen LogP contribution in [0, 0.1) is 0 Å². The summed E-state index contributed by atoms with van der Waals surface area (Å²) < 4.78 is 4.19. The summed E-state index contributed by atoms with van der Waals surface area (Å²) in [5, 5.41) is 0.577. The van der Waals surface area contributed by atoms with Gasteiger partial charge in [0.15, 0.2) is 11.3 Å². The molecule has 4 rings (SSSR count). The van der Waals surface area contributed by atoms with Gasteiger partial charge in [-0.3, -0.25) is 18.7 Å². The molecule has 0 atom stereocenters. The summed E-state index contributed by atoms with van der Waals surface area (Å²) in [4.78, 5) is 41.2. The number of imidazole rings is 1. The number of carbonyl (C=O) groups is 1. The first-order valence-corrected chi connectivity index (χ1v) is 9.24. The van der Waals surface area contributed by atoms with Gasteiger partial charge in [0.1, 0.15) is 5.65 Å². The largest absolute Gasteiger partial charge is 0.332 e. The van der Waals surface area contributed by atoms with E-state index in [1.54, 1.807) is 48.0 Å². The lowest BCUT2D eigenvalue weighted by Crippen LogP contribution is -2.37. The summed E-state index contributed by atoms with van der Waals surface area (Å²) in [7, 11) is 3.04. The zero-order valence-corrected chi connectivity index (χ0v) is 17.8. The van der Waals surface area contributed by atoms with E-state index in [0.717, 1.165) is 10.1 Å². The minimum Gasteiger partial charge on any atom is -0.312 e. The van der Waals surface area contributed by atoms with E-state index in [0.29, 0.717) is 28.3 Å². The molecule has 0 aliphatic carbocycles. The van der Waals surface area contributed by atoms with E-state index in [9.17, 15) is 14.4 Å². The zero-order chi connectivity index (χ0) is 20.7. The van der Waals surface area contributed by atoms with E-state index in [1.807, 2.05) is 12.1 Å². The molecule has 154 valence electrons. The lowest BCUT2D eigenvalue weighted by molar-refractivity contribution is 0.103. The maximum atomic E-state index is 12.6. The van der Waals surface area contributed by atoms with Crippen LogP contribution in [0.2, 0.25) is 5.02 Å². The molecule has 0 spiro atoms. The first-order valence-electron chi connectivity index (χ1n) is 8.87. The van der Waals surface area contributed by atoms with Crippen molar-refractivity contribution in [2.24, 2.45) is 14.1 Å². The fourth-order valence-electron chi connectivity index (χ4n) is 3.28. The molecule has 0 aliphatic rings. The van der Waals surface area contributed by atoms with Crippen molar-refractivity contribution in [3.8, 4) is 0 Å². The molecule has 2 aromatic carbocycles. The summed E-state index contributed by atoms with van der Waals surface area (Å²) in [6.07, 6.45) is 1.54. The zero-order valence-electron chi connectivity index (χ0n) is 16.2. The molecule has 0 saturated heterocycles. The first kappa shape index (κ1) is 21.5. The number of benzene rings is 2. The van der Waals surface area contributed by atoms with E-state index in [1.165, 1.54) is 17.9 Å². The van der Waals surface area contributed by atoms with Crippen molar-refractivity contribution in [3.05, 3.63) is 97.4 Å². The average Bonchev–Trinajstić information content (AvgIpc) is 3.15. The predicted octanol–water partition coefficient (Wildman–Crippen LogP) is 2.79. The molecule has 4 aromatic rings. The molecule has 0 unspecified atom stereocenters. The lowest BCUT2D eigenvalue weighted by Gasteiger charge is -2.09. The number of hydrogen-bond donors (Lipinski definition) is 0. The van der Waals surface area contributed by atoms with Crippen LogP contribution in [0.3, 0.4) is 0 Å². The molecular weight excluding hydrogens is 427 g/mol. The number of fused-ring (bicyclic) bond motifs is 1. The number of rotatable bonds is 4. The topological polar surface area (TPSA) is 78.9 Å². The number of nitrogens with zero attached hydrogens (tertiary/aromatic N) is 4. The quantitative estimate of drug-likeness (QED) is 0.453. The molecule has 9 heteroatoms. The van der Waals surface area contributed by atoms with Crippen LogP contribution in [0.5, 0.6) is 0 Å². The van der Waals surface area contributed by atoms with Gasteiger partial charge < -0.3 is 4.57 Å². The third-order valence-electron chi connectivity index (χ3n) is 4.88. The maximum absolute atomic E-state index is 12.6. The summed E-state index contributed by atoms with van der Waals surface area (Å²) in [6, 6.07) is 13.9. The Bertz CT molecular complexity index is 1350.